The summed E-state index contributed by atoms with van der Waals surface area (Å²) >= 11 is 0. The van der Waals surface area contributed by atoms with Crippen molar-refractivity contribution in [1.82, 2.24) is 4.90 Å². The first-order valence-corrected chi connectivity index (χ1v) is 27.4. The van der Waals surface area contributed by atoms with Crippen LogP contribution in [0, 0.1) is 17.8 Å². The number of piperidine rings is 1. The van der Waals surface area contributed by atoms with Crippen LogP contribution in [-0.4, -0.2) is 126 Å². The molecule has 1 unspecified atom stereocenters. The summed E-state index contributed by atoms with van der Waals surface area (Å²) in [5.41, 5.74) is 0. The fraction of sp³-hybridized carbons (Fsp3) is 0.907. The highest BCUT2D eigenvalue weighted by Crippen LogP contribution is 2.25. The van der Waals surface area contributed by atoms with Gasteiger partial charge in [-0.3, -0.25) is 24.0 Å². The Bertz CT molecular complexity index is 1250. The monoisotopic (exact) mass is 968 g/mol. The Labute approximate surface area is 412 Å². The maximum absolute atomic E-state index is 13.2. The number of hydrogen-bond donors (Lipinski definition) is 0. The van der Waals surface area contributed by atoms with Gasteiger partial charge in [-0.25, -0.2) is 0 Å². The quantitative estimate of drug-likeness (QED) is 0.0322. The van der Waals surface area contributed by atoms with Crippen molar-refractivity contribution in [1.29, 1.82) is 0 Å². The highest BCUT2D eigenvalue weighted by Gasteiger charge is 2.40. The normalized spacial score (nSPS) is 17.7. The summed E-state index contributed by atoms with van der Waals surface area (Å²) < 4.78 is 47.9. The summed E-state index contributed by atoms with van der Waals surface area (Å²) in [6, 6.07) is 0. The Kier molecular flexibility index (Phi) is 36.9. The summed E-state index contributed by atoms with van der Waals surface area (Å²) in [4.78, 5) is 66.2. The summed E-state index contributed by atoms with van der Waals surface area (Å²) in [6.45, 7) is 11.5. The van der Waals surface area contributed by atoms with E-state index in [4.69, 9.17) is 37.9 Å². The Balaban J connectivity index is 2.11. The SMILES string of the molecule is CCCCCCCC(=O)OCC(CCO[C@H]1COC(COC(=O)C2CCN(C)CC2)[C@@H]1OCCC(COC(=O)CCCCCCC)COC(=O)CCCCCCC)COC(=O)CCCCCCC. The first-order chi connectivity index (χ1) is 33.1. The third kappa shape index (κ3) is 30.7. The molecule has 14 heteroatoms. The van der Waals surface area contributed by atoms with Crippen molar-refractivity contribution >= 4 is 29.8 Å². The van der Waals surface area contributed by atoms with E-state index in [1.165, 1.54) is 0 Å². The highest BCUT2D eigenvalue weighted by molar-refractivity contribution is 5.72. The fourth-order valence-electron chi connectivity index (χ4n) is 8.48. The van der Waals surface area contributed by atoms with Crippen molar-refractivity contribution in [3.63, 3.8) is 0 Å². The van der Waals surface area contributed by atoms with Gasteiger partial charge in [0.15, 0.2) is 0 Å². The molecule has 3 atom stereocenters. The summed E-state index contributed by atoms with van der Waals surface area (Å²) in [7, 11) is 2.05. The van der Waals surface area contributed by atoms with Crippen LogP contribution in [-0.2, 0) is 61.9 Å². The zero-order valence-electron chi connectivity index (χ0n) is 43.6. The van der Waals surface area contributed by atoms with E-state index in [2.05, 4.69) is 32.6 Å². The largest absolute Gasteiger partial charge is 0.465 e. The number of ether oxygens (including phenoxy) is 8. The van der Waals surface area contributed by atoms with Crippen LogP contribution in [0.1, 0.15) is 207 Å². The molecule has 2 aliphatic heterocycles. The van der Waals surface area contributed by atoms with Crippen molar-refractivity contribution in [2.75, 3.05) is 73.0 Å². The Hall–Kier alpha value is -2.81. The van der Waals surface area contributed by atoms with Crippen molar-refractivity contribution in [3.8, 4) is 0 Å². The minimum atomic E-state index is -0.591. The van der Waals surface area contributed by atoms with Gasteiger partial charge < -0.3 is 42.8 Å². The van der Waals surface area contributed by atoms with Gasteiger partial charge in [0, 0.05) is 50.7 Å². The lowest BCUT2D eigenvalue weighted by atomic mass is 9.97. The van der Waals surface area contributed by atoms with Crippen LogP contribution in [0.3, 0.4) is 0 Å². The number of likely N-dealkylation sites (tertiary alicyclic amines) is 1. The topological polar surface area (TPSA) is 162 Å². The molecule has 2 fully saturated rings. The van der Waals surface area contributed by atoms with Crippen LogP contribution in [0.25, 0.3) is 0 Å². The molecule has 2 heterocycles. The molecule has 14 nitrogen and oxygen atoms in total. The number of rotatable bonds is 43. The minimum absolute atomic E-state index is 0.0102. The van der Waals surface area contributed by atoms with E-state index in [-0.39, 0.29) is 100 Å². The zero-order valence-corrected chi connectivity index (χ0v) is 43.6. The number of nitrogens with zero attached hydrogens (tertiary/aromatic N) is 1. The molecule has 0 saturated carbocycles. The number of unbranched alkanes of at least 4 members (excludes halogenated alkanes) is 16. The van der Waals surface area contributed by atoms with Gasteiger partial charge in [-0.15, -0.1) is 0 Å². The molecule has 0 amide bonds. The van der Waals surface area contributed by atoms with E-state index in [9.17, 15) is 24.0 Å². The number of carbonyl (C=O) groups excluding carboxylic acids is 5. The summed E-state index contributed by atoms with van der Waals surface area (Å²) in [5, 5.41) is 0. The molecular weight excluding hydrogens is 871 g/mol. The molecule has 0 aromatic heterocycles. The molecule has 0 bridgehead atoms. The van der Waals surface area contributed by atoms with Gasteiger partial charge >= 0.3 is 29.8 Å². The molecule has 68 heavy (non-hydrogen) atoms. The van der Waals surface area contributed by atoms with Gasteiger partial charge in [0.2, 0.25) is 0 Å². The lowest BCUT2D eigenvalue weighted by Crippen LogP contribution is -2.40. The van der Waals surface area contributed by atoms with Gasteiger partial charge in [-0.05, 0) is 71.5 Å². The third-order valence-corrected chi connectivity index (χ3v) is 13.2. The predicted octanol–water partition coefficient (Wildman–Crippen LogP) is 10.7. The van der Waals surface area contributed by atoms with Crippen molar-refractivity contribution in [2.45, 2.75) is 226 Å². The van der Waals surface area contributed by atoms with Crippen molar-refractivity contribution in [2.24, 2.45) is 17.8 Å². The van der Waals surface area contributed by atoms with E-state index in [1.807, 2.05) is 7.05 Å². The summed E-state index contributed by atoms with van der Waals surface area (Å²) in [5.74, 6) is -1.98. The standard InChI is InChI=1S/C54H97NO13/c1-6-10-14-18-22-26-49(56)64-38-44(39-65-50(57)27-23-19-15-11-7-2)32-36-61-47-42-63-48(43-68-54(60)46-30-34-55(5)35-31-46)53(47)62-37-33-45(40-66-51(58)28-24-20-16-12-8-3)41-67-52(59)29-25-21-17-13-9-4/h44-48,53H,6-43H2,1-5H3/t47-,48?,53+/m0/s1. The van der Waals surface area contributed by atoms with Crippen molar-refractivity contribution < 1.29 is 61.9 Å². The smallest absolute Gasteiger partial charge is 0.309 e. The van der Waals surface area contributed by atoms with E-state index < -0.39 is 18.3 Å². The first-order valence-electron chi connectivity index (χ1n) is 27.4. The number of carbonyl (C=O) groups is 5. The lowest BCUT2D eigenvalue weighted by Gasteiger charge is -2.28. The second-order valence-corrected chi connectivity index (χ2v) is 19.5. The maximum atomic E-state index is 13.2. The minimum Gasteiger partial charge on any atom is -0.465 e. The van der Waals surface area contributed by atoms with Crippen LogP contribution in [0.5, 0.6) is 0 Å². The Morgan fingerprint density at radius 2 is 0.868 bits per heavy atom. The number of esters is 5. The van der Waals surface area contributed by atoms with Crippen LogP contribution >= 0.6 is 0 Å². The van der Waals surface area contributed by atoms with E-state index >= 15 is 0 Å². The molecule has 2 saturated heterocycles. The average molecular weight is 968 g/mol. The van der Waals surface area contributed by atoms with E-state index in [0.29, 0.717) is 38.5 Å². The Morgan fingerprint density at radius 3 is 1.25 bits per heavy atom. The fourth-order valence-corrected chi connectivity index (χ4v) is 8.48. The van der Waals surface area contributed by atoms with Crippen LogP contribution < -0.4 is 0 Å². The highest BCUT2D eigenvalue weighted by atomic mass is 16.6. The summed E-state index contributed by atoms with van der Waals surface area (Å²) in [6.07, 6.45) is 22.7. The maximum Gasteiger partial charge on any atom is 0.309 e. The Morgan fingerprint density at radius 1 is 0.500 bits per heavy atom. The van der Waals surface area contributed by atoms with Gasteiger partial charge in [0.25, 0.3) is 0 Å². The molecule has 0 aliphatic carbocycles. The van der Waals surface area contributed by atoms with Gasteiger partial charge in [-0.2, -0.15) is 0 Å². The molecule has 0 spiro atoms. The average Bonchev–Trinajstić information content (AvgIpc) is 3.72. The lowest BCUT2D eigenvalue weighted by molar-refractivity contribution is -0.157. The molecule has 0 aromatic carbocycles. The van der Waals surface area contributed by atoms with Crippen LogP contribution in [0.15, 0.2) is 0 Å². The molecule has 2 aliphatic rings. The first kappa shape index (κ1) is 61.3. The van der Waals surface area contributed by atoms with Crippen molar-refractivity contribution in [3.05, 3.63) is 0 Å². The molecule has 0 radical (unpaired) electrons. The van der Waals surface area contributed by atoms with E-state index in [0.717, 1.165) is 154 Å². The van der Waals surface area contributed by atoms with Crippen LogP contribution in [0.4, 0.5) is 0 Å². The molecule has 0 aromatic rings. The zero-order chi connectivity index (χ0) is 49.5. The van der Waals surface area contributed by atoms with Gasteiger partial charge in [0.1, 0.15) is 24.9 Å². The predicted molar refractivity (Wildman–Crippen MR) is 264 cm³/mol. The van der Waals surface area contributed by atoms with E-state index in [1.54, 1.807) is 0 Å². The third-order valence-electron chi connectivity index (χ3n) is 13.2. The van der Waals surface area contributed by atoms with Crippen LogP contribution in [0.2, 0.25) is 0 Å². The molecule has 396 valence electrons. The molecule has 2 rings (SSSR count). The van der Waals surface area contributed by atoms with Gasteiger partial charge in [-0.1, -0.05) is 130 Å². The molecule has 0 N–H and O–H groups in total. The second kappa shape index (κ2) is 40.9. The number of hydrogen-bond acceptors (Lipinski definition) is 14. The second-order valence-electron chi connectivity index (χ2n) is 19.5. The van der Waals surface area contributed by atoms with Gasteiger partial charge in [0.05, 0.1) is 39.0 Å². The molecular formula is C54H97NO13.